The molecule has 2 aromatic heterocycles. The quantitative estimate of drug-likeness (QED) is 0.124. The number of benzene rings is 2. The third-order valence-electron chi connectivity index (χ3n) is 7.87. The molecular formula is C31H35N7O6. The Morgan fingerprint density at radius 1 is 1.00 bits per heavy atom. The highest BCUT2D eigenvalue weighted by molar-refractivity contribution is 5.95. The first kappa shape index (κ1) is 30.3. The fourth-order valence-corrected chi connectivity index (χ4v) is 5.57. The number of likely N-dealkylation sites (tertiary alicyclic amines) is 1. The molecular weight excluding hydrogens is 566 g/mol. The topological polar surface area (TPSA) is 207 Å². The van der Waals surface area contributed by atoms with Crippen LogP contribution in [0.3, 0.4) is 0 Å². The molecule has 4 atom stereocenters. The highest BCUT2D eigenvalue weighted by Gasteiger charge is 2.39. The molecule has 0 saturated carbocycles. The molecule has 4 aromatic rings. The van der Waals surface area contributed by atoms with E-state index in [1.54, 1.807) is 18.3 Å². The van der Waals surface area contributed by atoms with Crippen LogP contribution < -0.4 is 16.4 Å². The number of H-pyrrole nitrogens is 2. The Morgan fingerprint density at radius 2 is 1.77 bits per heavy atom. The van der Waals surface area contributed by atoms with E-state index in [0.717, 1.165) is 22.0 Å². The van der Waals surface area contributed by atoms with E-state index in [0.29, 0.717) is 18.5 Å². The molecule has 0 bridgehead atoms. The van der Waals surface area contributed by atoms with E-state index < -0.39 is 47.9 Å². The summed E-state index contributed by atoms with van der Waals surface area (Å²) < 4.78 is 0. The predicted molar refractivity (Wildman–Crippen MR) is 160 cm³/mol. The zero-order valence-corrected chi connectivity index (χ0v) is 23.9. The van der Waals surface area contributed by atoms with E-state index >= 15 is 0 Å². The predicted octanol–water partition coefficient (Wildman–Crippen LogP) is 0.997. The third kappa shape index (κ3) is 7.06. The number of para-hydroxylation sites is 1. The molecule has 13 nitrogen and oxygen atoms in total. The standard InChI is InChI=1S/C31H35N7O6/c32-23(12-18-7-9-21(39)10-8-18)28(40)36-25(13-19-15-34-24-5-2-1-4-22(19)24)30(42)38-11-3-6-27(38)29(41)37-26(31(43)44)14-20-16-33-17-35-20/h1-2,4-5,7-10,15-17,23,25-27,34,39H,3,6,11-14,32H2,(H,33,35)(H,36,40)(H,37,41)(H,43,44). The van der Waals surface area contributed by atoms with Gasteiger partial charge in [0.15, 0.2) is 0 Å². The van der Waals surface area contributed by atoms with Gasteiger partial charge in [0.05, 0.1) is 12.4 Å². The van der Waals surface area contributed by atoms with Gasteiger partial charge in [0.2, 0.25) is 17.7 Å². The van der Waals surface area contributed by atoms with Crippen LogP contribution in [-0.4, -0.2) is 84.5 Å². The Hall–Kier alpha value is -5.17. The molecule has 8 N–H and O–H groups in total. The zero-order valence-electron chi connectivity index (χ0n) is 23.9. The molecule has 1 aliphatic rings. The number of aliphatic carboxylic acids is 1. The largest absolute Gasteiger partial charge is 0.508 e. The average Bonchev–Trinajstić information content (AvgIpc) is 3.79. The van der Waals surface area contributed by atoms with E-state index in [-0.39, 0.29) is 31.6 Å². The van der Waals surface area contributed by atoms with Gasteiger partial charge in [0.25, 0.3) is 0 Å². The van der Waals surface area contributed by atoms with E-state index in [4.69, 9.17) is 5.73 Å². The monoisotopic (exact) mass is 601 g/mol. The Bertz CT molecular complexity index is 1620. The lowest BCUT2D eigenvalue weighted by molar-refractivity contribution is -0.144. The van der Waals surface area contributed by atoms with Gasteiger partial charge in [-0.2, -0.15) is 0 Å². The van der Waals surface area contributed by atoms with Crippen molar-refractivity contribution < 1.29 is 29.4 Å². The number of rotatable bonds is 12. The molecule has 3 heterocycles. The van der Waals surface area contributed by atoms with Crippen molar-refractivity contribution in [1.82, 2.24) is 30.5 Å². The highest BCUT2D eigenvalue weighted by atomic mass is 16.4. The van der Waals surface area contributed by atoms with Crippen molar-refractivity contribution in [2.24, 2.45) is 5.73 Å². The number of nitrogens with two attached hydrogens (primary N) is 1. The summed E-state index contributed by atoms with van der Waals surface area (Å²) in [5.74, 6) is -2.70. The van der Waals surface area contributed by atoms with Crippen LogP contribution >= 0.6 is 0 Å². The average molecular weight is 602 g/mol. The number of nitrogens with one attached hydrogen (secondary N) is 4. The molecule has 44 heavy (non-hydrogen) atoms. The van der Waals surface area contributed by atoms with Crippen LogP contribution in [0.25, 0.3) is 10.9 Å². The lowest BCUT2D eigenvalue weighted by atomic mass is 10.0. The summed E-state index contributed by atoms with van der Waals surface area (Å²) in [7, 11) is 0. The number of aromatic nitrogens is 3. The number of carbonyl (C=O) groups is 4. The van der Waals surface area contributed by atoms with Crippen LogP contribution in [0.4, 0.5) is 0 Å². The zero-order chi connectivity index (χ0) is 31.2. The Labute approximate surface area is 252 Å². The van der Waals surface area contributed by atoms with E-state index in [2.05, 4.69) is 25.6 Å². The lowest BCUT2D eigenvalue weighted by Crippen LogP contribution is -2.57. The van der Waals surface area contributed by atoms with Gasteiger partial charge in [-0.05, 0) is 48.6 Å². The van der Waals surface area contributed by atoms with Crippen molar-refractivity contribution in [3.05, 3.63) is 84.1 Å². The summed E-state index contributed by atoms with van der Waals surface area (Å²) in [4.78, 5) is 64.0. The van der Waals surface area contributed by atoms with Gasteiger partial charge in [-0.15, -0.1) is 0 Å². The van der Waals surface area contributed by atoms with Crippen LogP contribution in [-0.2, 0) is 38.4 Å². The number of aromatic hydroxyl groups is 1. The molecule has 230 valence electrons. The molecule has 3 amide bonds. The number of amides is 3. The number of carboxylic acids is 1. The minimum atomic E-state index is -1.22. The van der Waals surface area contributed by atoms with Gasteiger partial charge in [-0.1, -0.05) is 30.3 Å². The van der Waals surface area contributed by atoms with Crippen molar-refractivity contribution in [2.45, 2.75) is 56.3 Å². The Kier molecular flexibility index (Phi) is 9.24. The third-order valence-corrected chi connectivity index (χ3v) is 7.87. The molecule has 4 unspecified atom stereocenters. The number of phenolic OH excluding ortho intramolecular Hbond substituents is 1. The first-order valence-corrected chi connectivity index (χ1v) is 14.4. The summed E-state index contributed by atoms with van der Waals surface area (Å²) in [6.45, 7) is 0.273. The van der Waals surface area contributed by atoms with Crippen molar-refractivity contribution in [3.63, 3.8) is 0 Å². The first-order chi connectivity index (χ1) is 21.2. The second-order valence-electron chi connectivity index (χ2n) is 11.0. The molecule has 2 aromatic carbocycles. The molecule has 5 rings (SSSR count). The van der Waals surface area contributed by atoms with Crippen molar-refractivity contribution >= 4 is 34.6 Å². The van der Waals surface area contributed by atoms with Gasteiger partial charge < -0.3 is 41.4 Å². The second kappa shape index (κ2) is 13.4. The molecule has 1 fully saturated rings. The second-order valence-corrected chi connectivity index (χ2v) is 11.0. The van der Waals surface area contributed by atoms with Gasteiger partial charge in [-0.25, -0.2) is 9.78 Å². The fraction of sp³-hybridized carbons (Fsp3) is 0.323. The number of imidazole rings is 1. The van der Waals surface area contributed by atoms with Gasteiger partial charge in [0, 0.05) is 48.4 Å². The van der Waals surface area contributed by atoms with Crippen molar-refractivity contribution in [3.8, 4) is 5.75 Å². The number of hydrogen-bond acceptors (Lipinski definition) is 7. The number of phenols is 1. The van der Waals surface area contributed by atoms with Crippen molar-refractivity contribution in [2.75, 3.05) is 6.54 Å². The number of carboxylic acid groups (broad SMARTS) is 1. The smallest absolute Gasteiger partial charge is 0.326 e. The molecule has 0 radical (unpaired) electrons. The summed E-state index contributed by atoms with van der Waals surface area (Å²) in [5.41, 5.74) is 9.20. The van der Waals surface area contributed by atoms with Gasteiger partial charge in [-0.3, -0.25) is 14.4 Å². The Morgan fingerprint density at radius 3 is 2.50 bits per heavy atom. The van der Waals surface area contributed by atoms with Crippen LogP contribution in [0.1, 0.15) is 29.7 Å². The molecule has 0 spiro atoms. The van der Waals surface area contributed by atoms with Gasteiger partial charge in [0.1, 0.15) is 23.9 Å². The maximum Gasteiger partial charge on any atom is 0.326 e. The number of aromatic amines is 2. The maximum atomic E-state index is 14.1. The summed E-state index contributed by atoms with van der Waals surface area (Å²) in [6.07, 6.45) is 5.90. The van der Waals surface area contributed by atoms with Crippen LogP contribution in [0.15, 0.2) is 67.3 Å². The van der Waals surface area contributed by atoms with E-state index in [9.17, 15) is 29.4 Å². The summed E-state index contributed by atoms with van der Waals surface area (Å²) in [6, 6.07) is 9.80. The molecule has 1 saturated heterocycles. The van der Waals surface area contributed by atoms with Gasteiger partial charge >= 0.3 is 5.97 Å². The minimum Gasteiger partial charge on any atom is -0.508 e. The van der Waals surface area contributed by atoms with Crippen LogP contribution in [0, 0.1) is 0 Å². The highest BCUT2D eigenvalue weighted by Crippen LogP contribution is 2.23. The van der Waals surface area contributed by atoms with E-state index in [1.807, 2.05) is 24.3 Å². The van der Waals surface area contributed by atoms with Crippen molar-refractivity contribution in [1.29, 1.82) is 0 Å². The SMILES string of the molecule is NC(Cc1ccc(O)cc1)C(=O)NC(Cc1c[nH]c2ccccc12)C(=O)N1CCCC1C(=O)NC(Cc1cnc[nH]1)C(=O)O. The minimum absolute atomic E-state index is 0.0000937. The first-order valence-electron chi connectivity index (χ1n) is 14.4. The summed E-state index contributed by atoms with van der Waals surface area (Å²) >= 11 is 0. The number of nitrogens with zero attached hydrogens (tertiary/aromatic N) is 2. The van der Waals surface area contributed by atoms with Crippen LogP contribution in [0.2, 0.25) is 0 Å². The Balaban J connectivity index is 1.34. The number of fused-ring (bicyclic) bond motifs is 1. The van der Waals surface area contributed by atoms with E-state index in [1.165, 1.54) is 29.6 Å². The molecule has 0 aliphatic carbocycles. The lowest BCUT2D eigenvalue weighted by Gasteiger charge is -2.30. The molecule has 1 aliphatic heterocycles. The van der Waals surface area contributed by atoms with Crippen LogP contribution in [0.5, 0.6) is 5.75 Å². The molecule has 13 heteroatoms. The summed E-state index contributed by atoms with van der Waals surface area (Å²) in [5, 5.41) is 25.6. The normalized spacial score (nSPS) is 16.8. The maximum absolute atomic E-state index is 14.1. The fourth-order valence-electron chi connectivity index (χ4n) is 5.57. The number of hydrogen-bond donors (Lipinski definition) is 7. The number of carbonyl (C=O) groups excluding carboxylic acids is 3.